The van der Waals surface area contributed by atoms with E-state index in [4.69, 9.17) is 11.6 Å². The molecule has 2 rings (SSSR count). The molecule has 1 aliphatic carbocycles. The van der Waals surface area contributed by atoms with Crippen molar-refractivity contribution in [2.75, 3.05) is 0 Å². The molecule has 1 fully saturated rings. The van der Waals surface area contributed by atoms with Crippen LogP contribution in [0.15, 0.2) is 24.3 Å². The number of nitrogens with zero attached hydrogens (tertiary/aromatic N) is 1. The minimum absolute atomic E-state index is 0.00510. The van der Waals surface area contributed by atoms with Gasteiger partial charge in [0.05, 0.1) is 6.04 Å². The summed E-state index contributed by atoms with van der Waals surface area (Å²) in [5.41, 5.74) is 11.7. The highest BCUT2D eigenvalue weighted by atomic mass is 35.5. The fourth-order valence-electron chi connectivity index (χ4n) is 2.83. The molecule has 1 aromatic carbocycles. The van der Waals surface area contributed by atoms with Crippen LogP contribution in [0.3, 0.4) is 0 Å². The van der Waals surface area contributed by atoms with Crippen LogP contribution in [-0.2, 0) is 5.41 Å². The van der Waals surface area contributed by atoms with E-state index < -0.39 is 0 Å². The third-order valence-corrected chi connectivity index (χ3v) is 4.25. The van der Waals surface area contributed by atoms with Crippen molar-refractivity contribution in [3.8, 4) is 0 Å². The summed E-state index contributed by atoms with van der Waals surface area (Å²) in [5, 5.41) is 0.765. The minimum Gasteiger partial charge on any atom is -0.140 e. The van der Waals surface area contributed by atoms with Gasteiger partial charge < -0.3 is 0 Å². The Bertz CT molecular complexity index is 365. The second-order valence-electron chi connectivity index (χ2n) is 5.66. The monoisotopic (exact) mass is 249 g/mol. The van der Waals surface area contributed by atoms with E-state index in [2.05, 4.69) is 26.0 Å². The maximum absolute atomic E-state index is 10.5. The average Bonchev–Trinajstić information content (AvgIpc) is 2.18. The first-order chi connectivity index (χ1) is 8.04. The van der Waals surface area contributed by atoms with Gasteiger partial charge in [0, 0.05) is 10.4 Å². The molecule has 1 atom stereocenters. The van der Waals surface area contributed by atoms with E-state index >= 15 is 0 Å². The predicted octanol–water partition coefficient (Wildman–Crippen LogP) is 4.25. The van der Waals surface area contributed by atoms with Crippen molar-refractivity contribution in [2.45, 2.75) is 51.0 Å². The Hall–Kier alpha value is -0.530. The average molecular weight is 250 g/mol. The van der Waals surface area contributed by atoms with Crippen molar-refractivity contribution in [1.29, 1.82) is 0 Å². The van der Waals surface area contributed by atoms with E-state index in [0.717, 1.165) is 24.3 Å². The number of benzene rings is 1. The van der Waals surface area contributed by atoms with Crippen LogP contribution in [-0.4, -0.2) is 6.04 Å². The summed E-state index contributed by atoms with van der Waals surface area (Å²) in [5.74, 6) is 0.537. The van der Waals surface area contributed by atoms with Crippen LogP contribution in [0.25, 0.3) is 0 Å². The van der Waals surface area contributed by atoms with Gasteiger partial charge in [-0.15, -0.1) is 5.73 Å². The molecule has 0 heterocycles. The molecule has 0 spiro atoms. The van der Waals surface area contributed by atoms with Crippen LogP contribution in [0, 0.1) is 5.92 Å². The SMILES string of the molecule is CC(C)CC([N])C1(c2ccc(Cl)cc2)CCC1. The van der Waals surface area contributed by atoms with E-state index in [-0.39, 0.29) is 11.5 Å². The van der Waals surface area contributed by atoms with Crippen LogP contribution in [0.5, 0.6) is 0 Å². The highest BCUT2D eigenvalue weighted by Gasteiger charge is 2.44. The van der Waals surface area contributed by atoms with Gasteiger partial charge in [0.15, 0.2) is 0 Å². The Morgan fingerprint density at radius 2 is 1.82 bits per heavy atom. The first-order valence-corrected chi connectivity index (χ1v) is 6.86. The second-order valence-corrected chi connectivity index (χ2v) is 6.10. The summed E-state index contributed by atoms with van der Waals surface area (Å²) in [6.07, 6.45) is 4.30. The van der Waals surface area contributed by atoms with E-state index in [9.17, 15) is 5.73 Å². The van der Waals surface area contributed by atoms with Crippen molar-refractivity contribution < 1.29 is 0 Å². The Labute approximate surface area is 109 Å². The number of hydrogen-bond acceptors (Lipinski definition) is 0. The van der Waals surface area contributed by atoms with Gasteiger partial charge in [0.1, 0.15) is 0 Å². The number of rotatable bonds is 4. The maximum atomic E-state index is 10.5. The van der Waals surface area contributed by atoms with E-state index in [1.54, 1.807) is 0 Å². The number of hydrogen-bond donors (Lipinski definition) is 0. The molecule has 2 heteroatoms. The van der Waals surface area contributed by atoms with Crippen molar-refractivity contribution in [3.05, 3.63) is 34.9 Å². The molecule has 1 aromatic rings. The smallest absolute Gasteiger partial charge is 0.0532 e. The summed E-state index contributed by atoms with van der Waals surface area (Å²) >= 11 is 5.92. The zero-order valence-corrected chi connectivity index (χ0v) is 11.4. The van der Waals surface area contributed by atoms with Gasteiger partial charge in [-0.05, 0) is 42.9 Å². The van der Waals surface area contributed by atoms with E-state index in [1.807, 2.05) is 12.1 Å². The molecule has 0 aromatic heterocycles. The first-order valence-electron chi connectivity index (χ1n) is 6.49. The van der Waals surface area contributed by atoms with Crippen molar-refractivity contribution in [1.82, 2.24) is 5.73 Å². The fraction of sp³-hybridized carbons (Fsp3) is 0.600. The molecule has 0 saturated heterocycles. The Morgan fingerprint density at radius 1 is 1.24 bits per heavy atom. The summed E-state index contributed by atoms with van der Waals surface area (Å²) in [4.78, 5) is 0. The van der Waals surface area contributed by atoms with Crippen LogP contribution < -0.4 is 5.73 Å². The minimum atomic E-state index is -0.225. The number of halogens is 1. The summed E-state index contributed by atoms with van der Waals surface area (Å²) in [6, 6.07) is 7.78. The molecule has 0 amide bonds. The molecular formula is C15H20ClN. The van der Waals surface area contributed by atoms with Crippen LogP contribution in [0.4, 0.5) is 0 Å². The molecule has 1 aliphatic rings. The van der Waals surface area contributed by atoms with Gasteiger partial charge in [0.2, 0.25) is 0 Å². The largest absolute Gasteiger partial charge is 0.140 e. The zero-order chi connectivity index (χ0) is 12.5. The maximum Gasteiger partial charge on any atom is 0.0532 e. The van der Waals surface area contributed by atoms with Gasteiger partial charge in [-0.3, -0.25) is 0 Å². The molecule has 1 saturated carbocycles. The van der Waals surface area contributed by atoms with Crippen molar-refractivity contribution in [2.24, 2.45) is 5.92 Å². The molecule has 1 unspecified atom stereocenters. The van der Waals surface area contributed by atoms with Gasteiger partial charge in [-0.2, -0.15) is 0 Å². The Balaban J connectivity index is 2.22. The van der Waals surface area contributed by atoms with Gasteiger partial charge in [0.25, 0.3) is 0 Å². The first kappa shape index (κ1) is 12.9. The highest BCUT2D eigenvalue weighted by molar-refractivity contribution is 6.30. The summed E-state index contributed by atoms with van der Waals surface area (Å²) in [6.45, 7) is 4.33. The standard InChI is InChI=1S/C15H20ClN/c1-11(2)10-14(17)15(8-3-9-15)12-4-6-13(16)7-5-12/h4-7,11,14H,3,8-10H2,1-2H3. The van der Waals surface area contributed by atoms with Crippen LogP contribution in [0.2, 0.25) is 5.02 Å². The molecule has 0 bridgehead atoms. The Kier molecular flexibility index (Phi) is 3.79. The summed E-state index contributed by atoms with van der Waals surface area (Å²) in [7, 11) is 0. The topological polar surface area (TPSA) is 22.3 Å². The molecule has 92 valence electrons. The van der Waals surface area contributed by atoms with E-state index in [0.29, 0.717) is 5.92 Å². The van der Waals surface area contributed by atoms with Gasteiger partial charge >= 0.3 is 0 Å². The predicted molar refractivity (Wildman–Crippen MR) is 72.4 cm³/mol. The van der Waals surface area contributed by atoms with Gasteiger partial charge in [-0.25, -0.2) is 0 Å². The molecule has 0 aliphatic heterocycles. The van der Waals surface area contributed by atoms with Crippen molar-refractivity contribution >= 4 is 11.6 Å². The zero-order valence-electron chi connectivity index (χ0n) is 10.6. The lowest BCUT2D eigenvalue weighted by Gasteiger charge is -2.46. The van der Waals surface area contributed by atoms with Gasteiger partial charge in [-0.1, -0.05) is 44.0 Å². The highest BCUT2D eigenvalue weighted by Crippen LogP contribution is 2.47. The normalized spacial score (nSPS) is 20.1. The molecular weight excluding hydrogens is 230 g/mol. The third kappa shape index (κ3) is 2.51. The van der Waals surface area contributed by atoms with Crippen molar-refractivity contribution in [3.63, 3.8) is 0 Å². The van der Waals surface area contributed by atoms with Crippen LogP contribution >= 0.6 is 11.6 Å². The second kappa shape index (κ2) is 4.99. The molecule has 17 heavy (non-hydrogen) atoms. The fourth-order valence-corrected chi connectivity index (χ4v) is 2.95. The lowest BCUT2D eigenvalue weighted by atomic mass is 9.59. The molecule has 2 radical (unpaired) electrons. The summed E-state index contributed by atoms with van der Waals surface area (Å²) < 4.78 is 0. The third-order valence-electron chi connectivity index (χ3n) is 4.00. The Morgan fingerprint density at radius 3 is 2.24 bits per heavy atom. The molecule has 1 nitrogen and oxygen atoms in total. The van der Waals surface area contributed by atoms with Crippen LogP contribution in [0.1, 0.15) is 45.1 Å². The lowest BCUT2D eigenvalue weighted by molar-refractivity contribution is 0.174. The van der Waals surface area contributed by atoms with E-state index in [1.165, 1.54) is 12.0 Å². The quantitative estimate of drug-likeness (QED) is 0.762. The lowest BCUT2D eigenvalue weighted by Crippen LogP contribution is -2.47. The molecule has 0 N–H and O–H groups in total.